The van der Waals surface area contributed by atoms with Crippen LogP contribution in [0, 0.1) is 5.92 Å². The van der Waals surface area contributed by atoms with Gasteiger partial charge in [-0.2, -0.15) is 13.2 Å². The molecule has 0 spiro atoms. The lowest BCUT2D eigenvalue weighted by atomic mass is 10.0. The summed E-state index contributed by atoms with van der Waals surface area (Å²) in [6, 6.07) is 4.56. The normalized spacial score (nSPS) is 10.4. The van der Waals surface area contributed by atoms with Crippen LogP contribution in [-0.2, 0) is 6.42 Å². The van der Waals surface area contributed by atoms with E-state index in [1.54, 1.807) is 12.1 Å². The number of benzene rings is 1. The predicted octanol–water partition coefficient (Wildman–Crippen LogP) is 4.30. The molecule has 1 aromatic rings. The topological polar surface area (TPSA) is 9.23 Å². The zero-order chi connectivity index (χ0) is 12.1. The van der Waals surface area contributed by atoms with Crippen molar-refractivity contribution < 1.29 is 17.9 Å². The Bertz CT molecular complexity index is 364. The fourth-order valence-electron chi connectivity index (χ4n) is 1.31. The van der Waals surface area contributed by atoms with Crippen LogP contribution in [0.3, 0.4) is 0 Å². The summed E-state index contributed by atoms with van der Waals surface area (Å²) in [5, 5.41) is 0. The molecule has 0 saturated heterocycles. The predicted molar refractivity (Wildman–Crippen MR) is 56.0 cm³/mol. The molecule has 0 N–H and O–H groups in total. The molecule has 0 fully saturated rings. The Morgan fingerprint density at radius 1 is 1.12 bits per heavy atom. The summed E-state index contributed by atoms with van der Waals surface area (Å²) in [4.78, 5) is 0. The molecule has 1 rings (SSSR count). The SMILES string of the molecule is CC(C)Cc1ccc(OC(F)=C(F)F)cc1. The fourth-order valence-corrected chi connectivity index (χ4v) is 1.31. The van der Waals surface area contributed by atoms with Crippen LogP contribution in [0.2, 0.25) is 0 Å². The summed E-state index contributed by atoms with van der Waals surface area (Å²) < 4.78 is 40.2. The molecule has 0 bridgehead atoms. The van der Waals surface area contributed by atoms with Crippen molar-refractivity contribution in [3.8, 4) is 5.75 Å². The third-order valence-electron chi connectivity index (χ3n) is 1.92. The van der Waals surface area contributed by atoms with Gasteiger partial charge in [0.1, 0.15) is 5.75 Å². The summed E-state index contributed by atoms with van der Waals surface area (Å²) in [6.07, 6.45) is -1.57. The molecule has 0 radical (unpaired) electrons. The first kappa shape index (κ1) is 12.6. The van der Waals surface area contributed by atoms with Crippen LogP contribution in [0.15, 0.2) is 36.4 Å². The van der Waals surface area contributed by atoms with Gasteiger partial charge in [-0.05, 0) is 30.0 Å². The molecule has 0 aliphatic heterocycles. The van der Waals surface area contributed by atoms with Crippen LogP contribution in [0.1, 0.15) is 19.4 Å². The summed E-state index contributed by atoms with van der Waals surface area (Å²) in [7, 11) is 0. The first-order valence-electron chi connectivity index (χ1n) is 4.96. The van der Waals surface area contributed by atoms with Crippen LogP contribution in [0.4, 0.5) is 13.2 Å². The fraction of sp³-hybridized carbons (Fsp3) is 0.333. The average molecular weight is 230 g/mol. The maximum absolute atomic E-state index is 12.4. The van der Waals surface area contributed by atoms with Gasteiger partial charge in [0.2, 0.25) is 0 Å². The van der Waals surface area contributed by atoms with Gasteiger partial charge in [-0.25, -0.2) is 0 Å². The lowest BCUT2D eigenvalue weighted by Crippen LogP contribution is -1.95. The van der Waals surface area contributed by atoms with Gasteiger partial charge in [-0.1, -0.05) is 26.0 Å². The molecular weight excluding hydrogens is 217 g/mol. The monoisotopic (exact) mass is 230 g/mol. The molecule has 0 amide bonds. The molecule has 16 heavy (non-hydrogen) atoms. The molecular formula is C12H13F3O. The molecule has 1 nitrogen and oxygen atoms in total. The van der Waals surface area contributed by atoms with E-state index in [-0.39, 0.29) is 5.75 Å². The maximum atomic E-state index is 12.4. The Hall–Kier alpha value is -1.45. The summed E-state index contributed by atoms with van der Waals surface area (Å²) in [5.41, 5.74) is 1.06. The van der Waals surface area contributed by atoms with Crippen molar-refractivity contribution in [1.82, 2.24) is 0 Å². The summed E-state index contributed by atoms with van der Waals surface area (Å²) >= 11 is 0. The minimum absolute atomic E-state index is 0.0674. The Balaban J connectivity index is 2.68. The van der Waals surface area contributed by atoms with Crippen molar-refractivity contribution in [2.45, 2.75) is 20.3 Å². The zero-order valence-corrected chi connectivity index (χ0v) is 9.14. The number of rotatable bonds is 4. The van der Waals surface area contributed by atoms with Crippen LogP contribution >= 0.6 is 0 Å². The van der Waals surface area contributed by atoms with E-state index >= 15 is 0 Å². The van der Waals surface area contributed by atoms with Crippen molar-refractivity contribution in [3.63, 3.8) is 0 Å². The van der Waals surface area contributed by atoms with Crippen molar-refractivity contribution in [3.05, 3.63) is 41.9 Å². The standard InChI is InChI=1S/C12H13F3O/c1-8(2)7-9-3-5-10(6-4-9)16-12(15)11(13)14/h3-6,8H,7H2,1-2H3. The van der Waals surface area contributed by atoms with Gasteiger partial charge in [0.15, 0.2) is 0 Å². The minimum Gasteiger partial charge on any atom is -0.428 e. The quantitative estimate of drug-likeness (QED) is 0.701. The van der Waals surface area contributed by atoms with Crippen LogP contribution < -0.4 is 4.74 Å². The van der Waals surface area contributed by atoms with Gasteiger partial charge in [0.05, 0.1) is 0 Å². The third kappa shape index (κ3) is 3.96. The molecule has 0 aliphatic carbocycles. The van der Waals surface area contributed by atoms with E-state index in [1.807, 2.05) is 0 Å². The molecule has 4 heteroatoms. The maximum Gasteiger partial charge on any atom is 0.344 e. The molecule has 0 aliphatic rings. The molecule has 88 valence electrons. The van der Waals surface area contributed by atoms with Crippen molar-refractivity contribution >= 4 is 0 Å². The zero-order valence-electron chi connectivity index (χ0n) is 9.14. The Morgan fingerprint density at radius 3 is 2.12 bits per heavy atom. The Morgan fingerprint density at radius 2 is 1.69 bits per heavy atom. The van der Waals surface area contributed by atoms with Crippen LogP contribution in [0.5, 0.6) is 5.75 Å². The van der Waals surface area contributed by atoms with Gasteiger partial charge in [-0.15, -0.1) is 0 Å². The van der Waals surface area contributed by atoms with E-state index in [1.165, 1.54) is 12.1 Å². The number of ether oxygens (including phenoxy) is 1. The van der Waals surface area contributed by atoms with E-state index in [2.05, 4.69) is 18.6 Å². The highest BCUT2D eigenvalue weighted by Gasteiger charge is 2.07. The van der Waals surface area contributed by atoms with Gasteiger partial charge in [0, 0.05) is 0 Å². The largest absolute Gasteiger partial charge is 0.428 e. The van der Waals surface area contributed by atoms with Crippen LogP contribution in [0.25, 0.3) is 0 Å². The molecule has 0 unspecified atom stereocenters. The van der Waals surface area contributed by atoms with Gasteiger partial charge in [-0.3, -0.25) is 0 Å². The molecule has 0 aromatic heterocycles. The highest BCUT2D eigenvalue weighted by molar-refractivity contribution is 5.28. The Labute approximate surface area is 92.5 Å². The van der Waals surface area contributed by atoms with Crippen molar-refractivity contribution in [1.29, 1.82) is 0 Å². The van der Waals surface area contributed by atoms with E-state index in [0.717, 1.165) is 12.0 Å². The second kappa shape index (κ2) is 5.58. The van der Waals surface area contributed by atoms with E-state index in [0.29, 0.717) is 5.92 Å². The van der Waals surface area contributed by atoms with E-state index in [4.69, 9.17) is 0 Å². The van der Waals surface area contributed by atoms with Crippen molar-refractivity contribution in [2.24, 2.45) is 5.92 Å². The molecule has 0 saturated carbocycles. The van der Waals surface area contributed by atoms with E-state index < -0.39 is 12.1 Å². The van der Waals surface area contributed by atoms with E-state index in [9.17, 15) is 13.2 Å². The smallest absolute Gasteiger partial charge is 0.344 e. The number of halogens is 3. The van der Waals surface area contributed by atoms with Gasteiger partial charge in [0.25, 0.3) is 0 Å². The number of hydrogen-bond acceptors (Lipinski definition) is 1. The average Bonchev–Trinajstić information content (AvgIpc) is 2.20. The summed E-state index contributed by atoms with van der Waals surface area (Å²) in [6.45, 7) is 4.15. The molecule has 0 atom stereocenters. The second-order valence-corrected chi connectivity index (χ2v) is 3.88. The second-order valence-electron chi connectivity index (χ2n) is 3.88. The number of hydrogen-bond donors (Lipinski definition) is 0. The third-order valence-corrected chi connectivity index (χ3v) is 1.92. The van der Waals surface area contributed by atoms with Crippen LogP contribution in [-0.4, -0.2) is 0 Å². The lowest BCUT2D eigenvalue weighted by molar-refractivity contribution is 0.241. The van der Waals surface area contributed by atoms with Gasteiger partial charge >= 0.3 is 12.1 Å². The summed E-state index contributed by atoms with van der Waals surface area (Å²) in [5.74, 6) is 0.574. The first-order valence-corrected chi connectivity index (χ1v) is 4.96. The first-order chi connectivity index (χ1) is 7.49. The highest BCUT2D eigenvalue weighted by atomic mass is 19.3. The minimum atomic E-state index is -2.45. The molecule has 1 aromatic carbocycles. The lowest BCUT2D eigenvalue weighted by Gasteiger charge is -2.06. The highest BCUT2D eigenvalue weighted by Crippen LogP contribution is 2.19. The van der Waals surface area contributed by atoms with Gasteiger partial charge < -0.3 is 4.74 Å². The molecule has 0 heterocycles. The van der Waals surface area contributed by atoms with Crippen molar-refractivity contribution in [2.75, 3.05) is 0 Å². The Kier molecular flexibility index (Phi) is 4.40.